The number of rotatable bonds is 0. The average molecular weight is 312 g/mol. The maximum absolute atomic E-state index is 4.38. The summed E-state index contributed by atoms with van der Waals surface area (Å²) in [6.07, 6.45) is 12.4. The first-order chi connectivity index (χ1) is 11.7. The number of fused-ring (bicyclic) bond motifs is 5. The molecule has 0 saturated carbocycles. The van der Waals surface area contributed by atoms with Gasteiger partial charge in [0.15, 0.2) is 0 Å². The second-order valence-corrected chi connectivity index (χ2v) is 7.19. The van der Waals surface area contributed by atoms with Crippen molar-refractivity contribution in [2.24, 2.45) is 5.92 Å². The Bertz CT molecular complexity index is 789. The van der Waals surface area contributed by atoms with Crippen LogP contribution in [0.5, 0.6) is 0 Å². The highest BCUT2D eigenvalue weighted by Crippen LogP contribution is 2.54. The second kappa shape index (κ2) is 5.94. The molecule has 2 aliphatic rings. The van der Waals surface area contributed by atoms with Gasteiger partial charge in [-0.05, 0) is 47.4 Å². The van der Waals surface area contributed by atoms with Gasteiger partial charge in [0, 0.05) is 5.41 Å². The van der Waals surface area contributed by atoms with E-state index in [0.717, 1.165) is 19.3 Å². The molecule has 1 spiro atoms. The summed E-state index contributed by atoms with van der Waals surface area (Å²) >= 11 is 0. The maximum atomic E-state index is 4.38. The van der Waals surface area contributed by atoms with Crippen molar-refractivity contribution in [3.8, 4) is 11.1 Å². The summed E-state index contributed by atoms with van der Waals surface area (Å²) in [5, 5.41) is 0. The molecule has 0 aromatic heterocycles. The summed E-state index contributed by atoms with van der Waals surface area (Å²) < 4.78 is 0. The molecule has 0 heteroatoms. The first-order valence-corrected chi connectivity index (χ1v) is 8.93. The lowest BCUT2D eigenvalue weighted by atomic mass is 9.70. The van der Waals surface area contributed by atoms with Gasteiger partial charge in [-0.25, -0.2) is 0 Å². The molecule has 0 radical (unpaired) electrons. The van der Waals surface area contributed by atoms with Crippen molar-refractivity contribution in [3.05, 3.63) is 96.1 Å². The van der Waals surface area contributed by atoms with Crippen LogP contribution in [0.1, 0.15) is 37.3 Å². The van der Waals surface area contributed by atoms with Gasteiger partial charge >= 0.3 is 0 Å². The fourth-order valence-corrected chi connectivity index (χ4v) is 4.40. The van der Waals surface area contributed by atoms with Gasteiger partial charge in [0.2, 0.25) is 0 Å². The zero-order chi connectivity index (χ0) is 16.6. The van der Waals surface area contributed by atoms with E-state index in [0.29, 0.717) is 5.92 Å². The van der Waals surface area contributed by atoms with Gasteiger partial charge in [-0.3, -0.25) is 0 Å². The molecule has 1 unspecified atom stereocenters. The van der Waals surface area contributed by atoms with Crippen LogP contribution in [0.15, 0.2) is 85.0 Å². The third kappa shape index (κ3) is 2.38. The number of hydrogen-bond acceptors (Lipinski definition) is 0. The molecule has 0 saturated heterocycles. The van der Waals surface area contributed by atoms with E-state index in [9.17, 15) is 0 Å². The zero-order valence-corrected chi connectivity index (χ0v) is 14.3. The highest BCUT2D eigenvalue weighted by Gasteiger charge is 2.42. The molecule has 2 aliphatic carbocycles. The van der Waals surface area contributed by atoms with Crippen molar-refractivity contribution in [1.29, 1.82) is 0 Å². The Hall–Kier alpha value is -2.34. The Morgan fingerprint density at radius 3 is 2.21 bits per heavy atom. The quantitative estimate of drug-likeness (QED) is 0.491. The van der Waals surface area contributed by atoms with Gasteiger partial charge in [-0.2, -0.15) is 0 Å². The Kier molecular flexibility index (Phi) is 3.76. The third-order valence-electron chi connectivity index (χ3n) is 5.52. The van der Waals surface area contributed by atoms with Gasteiger partial charge < -0.3 is 0 Å². The van der Waals surface area contributed by atoms with Crippen molar-refractivity contribution in [3.63, 3.8) is 0 Å². The van der Waals surface area contributed by atoms with Crippen LogP contribution >= 0.6 is 0 Å². The van der Waals surface area contributed by atoms with Crippen LogP contribution in [0, 0.1) is 5.92 Å². The van der Waals surface area contributed by atoms with Gasteiger partial charge in [0.05, 0.1) is 0 Å². The maximum Gasteiger partial charge on any atom is 0.0258 e. The number of benzene rings is 2. The van der Waals surface area contributed by atoms with Gasteiger partial charge in [0.1, 0.15) is 0 Å². The van der Waals surface area contributed by atoms with E-state index in [1.807, 2.05) is 0 Å². The molecule has 0 aliphatic heterocycles. The highest BCUT2D eigenvalue weighted by molar-refractivity contribution is 5.81. The monoisotopic (exact) mass is 312 g/mol. The molecule has 0 amide bonds. The molecular formula is C24H24. The molecule has 1 atom stereocenters. The summed E-state index contributed by atoms with van der Waals surface area (Å²) in [6.45, 7) is 6.61. The van der Waals surface area contributed by atoms with E-state index in [4.69, 9.17) is 0 Å². The largest absolute Gasteiger partial charge is 0.0958 e. The predicted molar refractivity (Wildman–Crippen MR) is 103 cm³/mol. The Balaban J connectivity index is 1.90. The first-order valence-electron chi connectivity index (χ1n) is 8.93. The topological polar surface area (TPSA) is 0 Å². The first kappa shape index (κ1) is 15.2. The predicted octanol–water partition coefficient (Wildman–Crippen LogP) is 6.44. The van der Waals surface area contributed by atoms with Gasteiger partial charge in [-0.15, -0.1) is 0 Å². The molecule has 4 rings (SSSR count). The van der Waals surface area contributed by atoms with E-state index in [2.05, 4.69) is 86.3 Å². The Labute approximate surface area is 145 Å². The van der Waals surface area contributed by atoms with Crippen LogP contribution in [-0.4, -0.2) is 0 Å². The minimum Gasteiger partial charge on any atom is -0.0958 e. The van der Waals surface area contributed by atoms with Crippen molar-refractivity contribution >= 4 is 0 Å². The van der Waals surface area contributed by atoms with Gasteiger partial charge in [0.25, 0.3) is 0 Å². The van der Waals surface area contributed by atoms with E-state index in [1.165, 1.54) is 27.8 Å². The SMILES string of the molecule is C=C1/C=C\C(C)/C=C\CCC2(C1)c1ccccc1-c1ccccc12. The van der Waals surface area contributed by atoms with Crippen LogP contribution in [0.25, 0.3) is 11.1 Å². The lowest BCUT2D eigenvalue weighted by Crippen LogP contribution is -2.25. The molecule has 0 nitrogen and oxygen atoms in total. The molecule has 24 heavy (non-hydrogen) atoms. The molecule has 0 bridgehead atoms. The lowest BCUT2D eigenvalue weighted by Gasteiger charge is -2.33. The van der Waals surface area contributed by atoms with Crippen molar-refractivity contribution in [2.45, 2.75) is 31.6 Å². The lowest BCUT2D eigenvalue weighted by molar-refractivity contribution is 0.485. The number of hydrogen-bond donors (Lipinski definition) is 0. The van der Waals surface area contributed by atoms with Crippen molar-refractivity contribution < 1.29 is 0 Å². The standard InChI is InChI=1S/C24H24/c1-18-9-7-8-16-24(17-19(2)15-14-18)22-12-5-3-10-20(22)21-11-4-6-13-23(21)24/h3-7,9-15,18H,2,8,16-17H2,1H3/b9-7-,15-14-. The van der Waals surface area contributed by atoms with E-state index >= 15 is 0 Å². The summed E-state index contributed by atoms with van der Waals surface area (Å²) in [7, 11) is 0. The molecular weight excluding hydrogens is 288 g/mol. The van der Waals surface area contributed by atoms with Crippen molar-refractivity contribution in [2.75, 3.05) is 0 Å². The van der Waals surface area contributed by atoms with Crippen LogP contribution in [0.4, 0.5) is 0 Å². The normalized spacial score (nSPS) is 24.2. The summed E-state index contributed by atoms with van der Waals surface area (Å²) in [5.74, 6) is 0.485. The molecule has 120 valence electrons. The average Bonchev–Trinajstić information content (AvgIpc) is 2.88. The van der Waals surface area contributed by atoms with Crippen molar-refractivity contribution in [1.82, 2.24) is 0 Å². The van der Waals surface area contributed by atoms with Gasteiger partial charge in [-0.1, -0.05) is 91.9 Å². The Morgan fingerprint density at radius 1 is 0.917 bits per heavy atom. The summed E-state index contributed by atoms with van der Waals surface area (Å²) in [6, 6.07) is 17.9. The molecule has 2 aromatic carbocycles. The van der Waals surface area contributed by atoms with E-state index in [1.54, 1.807) is 0 Å². The second-order valence-electron chi connectivity index (χ2n) is 7.19. The molecule has 0 fully saturated rings. The molecule has 2 aromatic rings. The minimum atomic E-state index is 0.0551. The summed E-state index contributed by atoms with van der Waals surface area (Å²) in [5.41, 5.74) is 7.03. The number of allylic oxidation sites excluding steroid dienone is 5. The fourth-order valence-electron chi connectivity index (χ4n) is 4.40. The minimum absolute atomic E-state index is 0.0551. The van der Waals surface area contributed by atoms with Crippen LogP contribution < -0.4 is 0 Å². The molecule has 0 heterocycles. The van der Waals surface area contributed by atoms with E-state index < -0.39 is 0 Å². The summed E-state index contributed by atoms with van der Waals surface area (Å²) in [4.78, 5) is 0. The van der Waals surface area contributed by atoms with Crippen LogP contribution in [0.3, 0.4) is 0 Å². The molecule has 0 N–H and O–H groups in total. The van der Waals surface area contributed by atoms with Crippen LogP contribution in [-0.2, 0) is 5.41 Å². The smallest absolute Gasteiger partial charge is 0.0258 e. The van der Waals surface area contributed by atoms with Crippen LogP contribution in [0.2, 0.25) is 0 Å². The van der Waals surface area contributed by atoms with E-state index in [-0.39, 0.29) is 5.41 Å². The highest BCUT2D eigenvalue weighted by atomic mass is 14.4. The zero-order valence-electron chi connectivity index (χ0n) is 14.3. The fraction of sp³-hybridized carbons (Fsp3) is 0.250. The Morgan fingerprint density at radius 2 is 1.54 bits per heavy atom. The third-order valence-corrected chi connectivity index (χ3v) is 5.52.